The molecule has 0 aromatic carbocycles. The van der Waals surface area contributed by atoms with Gasteiger partial charge in [-0.05, 0) is 25.2 Å². The average Bonchev–Trinajstić information content (AvgIpc) is 2.43. The Labute approximate surface area is 138 Å². The number of nitrogens with two attached hydrogens (primary N) is 1. The number of hydrogen-bond acceptors (Lipinski definition) is 4. The van der Waals surface area contributed by atoms with Gasteiger partial charge in [-0.25, -0.2) is 0 Å². The molecule has 23 heavy (non-hydrogen) atoms. The Balaban J connectivity index is 1.84. The molecule has 0 radical (unpaired) electrons. The summed E-state index contributed by atoms with van der Waals surface area (Å²) in [5.74, 6) is 0.526. The van der Waals surface area contributed by atoms with E-state index in [0.29, 0.717) is 5.92 Å². The van der Waals surface area contributed by atoms with E-state index in [0.717, 1.165) is 45.6 Å². The number of rotatable bonds is 5. The zero-order valence-corrected chi connectivity index (χ0v) is 14.5. The Morgan fingerprint density at radius 1 is 1.22 bits per heavy atom. The van der Waals surface area contributed by atoms with Gasteiger partial charge in [-0.15, -0.1) is 0 Å². The van der Waals surface area contributed by atoms with Gasteiger partial charge in [0.1, 0.15) is 11.6 Å². The highest BCUT2D eigenvalue weighted by atomic mass is 16.5. The molecule has 0 aliphatic carbocycles. The quantitative estimate of drug-likeness (QED) is 0.610. The Morgan fingerprint density at radius 3 is 2.39 bits per heavy atom. The number of hydrogen-bond donors (Lipinski definition) is 1. The third kappa shape index (κ3) is 5.11. The van der Waals surface area contributed by atoms with Crippen LogP contribution in [0.3, 0.4) is 0 Å². The van der Waals surface area contributed by atoms with Crippen molar-refractivity contribution in [3.8, 4) is 0 Å². The Bertz CT molecular complexity index is 476. The number of nitrogens with zero attached hydrogens (tertiary/aromatic N) is 2. The van der Waals surface area contributed by atoms with E-state index in [4.69, 9.17) is 10.5 Å². The molecule has 0 aromatic heterocycles. The van der Waals surface area contributed by atoms with Crippen molar-refractivity contribution in [1.29, 1.82) is 0 Å². The number of likely N-dealkylation sites (tertiary alicyclic amines) is 1. The fourth-order valence-corrected chi connectivity index (χ4v) is 2.88. The van der Waals surface area contributed by atoms with Crippen LogP contribution >= 0.6 is 0 Å². The van der Waals surface area contributed by atoms with Gasteiger partial charge in [0.2, 0.25) is 0 Å². The first-order valence-corrected chi connectivity index (χ1v) is 8.49. The number of Topliss-reactive ketones (excluding diaryl/α,β-unsaturated/α-hetero) is 1. The minimum Gasteiger partial charge on any atom is -0.387 e. The second kappa shape index (κ2) is 7.53. The standard InChI is InChI=1S/C17H29N3O3/c1-17(2,3)14(21)10-15(18)19-16(22)13-4-7-20(13)11-12-5-8-23-9-6-12/h12-13H,4-11H2,1-3H3,(H2,18,19,22). The number of carbonyl (C=O) groups excluding carboxylic acids is 2. The SMILES string of the molecule is CC(C)(C)C(=O)CC(N)=NC(=O)C1CCN1CC1CCOCC1. The molecule has 6 nitrogen and oxygen atoms in total. The molecule has 2 fully saturated rings. The van der Waals surface area contributed by atoms with Crippen molar-refractivity contribution < 1.29 is 14.3 Å². The summed E-state index contributed by atoms with van der Waals surface area (Å²) in [5.41, 5.74) is 5.33. The predicted octanol–water partition coefficient (Wildman–Crippen LogP) is 1.38. The molecule has 0 saturated carbocycles. The van der Waals surface area contributed by atoms with E-state index in [-0.39, 0.29) is 30.0 Å². The Kier molecular flexibility index (Phi) is 5.92. The molecule has 2 heterocycles. The fourth-order valence-electron chi connectivity index (χ4n) is 2.88. The summed E-state index contributed by atoms with van der Waals surface area (Å²) in [7, 11) is 0. The largest absolute Gasteiger partial charge is 0.387 e. The van der Waals surface area contributed by atoms with Crippen molar-refractivity contribution >= 4 is 17.5 Å². The number of amidine groups is 1. The molecule has 2 aliphatic heterocycles. The molecular formula is C17H29N3O3. The molecule has 2 saturated heterocycles. The van der Waals surface area contributed by atoms with Gasteiger partial charge in [0, 0.05) is 31.7 Å². The molecule has 0 bridgehead atoms. The minimum absolute atomic E-state index is 0.000721. The lowest BCUT2D eigenvalue weighted by Gasteiger charge is -2.41. The number of amides is 1. The highest BCUT2D eigenvalue weighted by Crippen LogP contribution is 2.24. The molecule has 1 amide bonds. The summed E-state index contributed by atoms with van der Waals surface area (Å²) in [6, 6.07) is -0.166. The molecule has 2 aliphatic rings. The summed E-state index contributed by atoms with van der Waals surface area (Å²) in [6.45, 7) is 9.01. The van der Waals surface area contributed by atoms with Crippen LogP contribution in [-0.4, -0.2) is 54.8 Å². The van der Waals surface area contributed by atoms with E-state index < -0.39 is 5.41 Å². The van der Waals surface area contributed by atoms with Crippen molar-refractivity contribution in [1.82, 2.24) is 4.90 Å². The molecule has 1 atom stereocenters. The van der Waals surface area contributed by atoms with Crippen LogP contribution in [0.25, 0.3) is 0 Å². The lowest BCUT2D eigenvalue weighted by Crippen LogP contribution is -2.54. The number of ether oxygens (including phenoxy) is 1. The van der Waals surface area contributed by atoms with Crippen LogP contribution in [0.5, 0.6) is 0 Å². The van der Waals surface area contributed by atoms with Crippen LogP contribution in [0.2, 0.25) is 0 Å². The van der Waals surface area contributed by atoms with E-state index in [1.165, 1.54) is 0 Å². The lowest BCUT2D eigenvalue weighted by atomic mass is 9.89. The predicted molar refractivity (Wildman–Crippen MR) is 89.2 cm³/mol. The van der Waals surface area contributed by atoms with Crippen molar-refractivity contribution in [2.75, 3.05) is 26.3 Å². The molecule has 0 aromatic rings. The number of aliphatic imine (C=N–C) groups is 1. The topological polar surface area (TPSA) is 85.0 Å². The zero-order valence-electron chi connectivity index (χ0n) is 14.5. The van der Waals surface area contributed by atoms with Crippen LogP contribution in [-0.2, 0) is 14.3 Å². The van der Waals surface area contributed by atoms with E-state index >= 15 is 0 Å². The van der Waals surface area contributed by atoms with Crippen molar-refractivity contribution in [3.05, 3.63) is 0 Å². The Morgan fingerprint density at radius 2 is 1.87 bits per heavy atom. The maximum atomic E-state index is 12.3. The number of ketones is 1. The van der Waals surface area contributed by atoms with Crippen molar-refractivity contribution in [2.24, 2.45) is 22.1 Å². The average molecular weight is 323 g/mol. The van der Waals surface area contributed by atoms with Gasteiger partial charge in [-0.3, -0.25) is 14.5 Å². The van der Waals surface area contributed by atoms with Crippen LogP contribution in [0.15, 0.2) is 4.99 Å². The summed E-state index contributed by atoms with van der Waals surface area (Å²) in [5, 5.41) is 0. The first-order valence-electron chi connectivity index (χ1n) is 8.49. The highest BCUT2D eigenvalue weighted by molar-refractivity contribution is 6.06. The maximum Gasteiger partial charge on any atom is 0.264 e. The molecule has 0 spiro atoms. The maximum absolute atomic E-state index is 12.3. The van der Waals surface area contributed by atoms with Crippen LogP contribution in [0.4, 0.5) is 0 Å². The minimum atomic E-state index is -0.464. The summed E-state index contributed by atoms with van der Waals surface area (Å²) < 4.78 is 5.37. The van der Waals surface area contributed by atoms with Gasteiger partial charge in [0.05, 0.1) is 12.5 Å². The molecular weight excluding hydrogens is 294 g/mol. The Hall–Kier alpha value is -1.27. The van der Waals surface area contributed by atoms with Crippen LogP contribution in [0, 0.1) is 11.3 Å². The molecule has 130 valence electrons. The van der Waals surface area contributed by atoms with E-state index in [9.17, 15) is 9.59 Å². The first-order chi connectivity index (χ1) is 10.8. The molecule has 6 heteroatoms. The van der Waals surface area contributed by atoms with Gasteiger partial charge >= 0.3 is 0 Å². The molecule has 1 unspecified atom stereocenters. The van der Waals surface area contributed by atoms with Crippen LogP contribution < -0.4 is 5.73 Å². The van der Waals surface area contributed by atoms with E-state index in [2.05, 4.69) is 9.89 Å². The van der Waals surface area contributed by atoms with Gasteiger partial charge < -0.3 is 10.5 Å². The summed E-state index contributed by atoms with van der Waals surface area (Å²) in [4.78, 5) is 30.4. The summed E-state index contributed by atoms with van der Waals surface area (Å²) in [6.07, 6.45) is 2.99. The van der Waals surface area contributed by atoms with Crippen molar-refractivity contribution in [2.45, 2.75) is 52.5 Å². The third-order valence-corrected chi connectivity index (χ3v) is 4.68. The van der Waals surface area contributed by atoms with Gasteiger partial charge in [-0.2, -0.15) is 4.99 Å². The second-order valence-corrected chi connectivity index (χ2v) is 7.65. The van der Waals surface area contributed by atoms with E-state index in [1.807, 2.05) is 20.8 Å². The van der Waals surface area contributed by atoms with Gasteiger partial charge in [0.15, 0.2) is 0 Å². The lowest BCUT2D eigenvalue weighted by molar-refractivity contribution is -0.128. The third-order valence-electron chi connectivity index (χ3n) is 4.68. The summed E-state index contributed by atoms with van der Waals surface area (Å²) >= 11 is 0. The fraction of sp³-hybridized carbons (Fsp3) is 0.824. The highest BCUT2D eigenvalue weighted by Gasteiger charge is 2.35. The molecule has 2 N–H and O–H groups in total. The number of carbonyl (C=O) groups is 2. The molecule has 2 rings (SSSR count). The first kappa shape index (κ1) is 18.1. The normalized spacial score (nSPS) is 24.3. The van der Waals surface area contributed by atoms with Crippen molar-refractivity contribution in [3.63, 3.8) is 0 Å². The van der Waals surface area contributed by atoms with Gasteiger partial charge in [0.25, 0.3) is 5.91 Å². The van der Waals surface area contributed by atoms with Gasteiger partial charge in [-0.1, -0.05) is 20.8 Å². The zero-order chi connectivity index (χ0) is 17.0. The smallest absolute Gasteiger partial charge is 0.264 e. The van der Waals surface area contributed by atoms with Crippen LogP contribution in [0.1, 0.15) is 46.5 Å². The monoisotopic (exact) mass is 323 g/mol. The second-order valence-electron chi connectivity index (χ2n) is 7.65. The van der Waals surface area contributed by atoms with E-state index in [1.54, 1.807) is 0 Å².